The number of imide groups is 1. The van der Waals surface area contributed by atoms with E-state index >= 15 is 0 Å². The van der Waals surface area contributed by atoms with Crippen LogP contribution in [0.15, 0.2) is 59.5 Å². The molecule has 1 saturated heterocycles. The summed E-state index contributed by atoms with van der Waals surface area (Å²) >= 11 is 1.63. The van der Waals surface area contributed by atoms with Gasteiger partial charge in [-0.3, -0.25) is 14.5 Å². The first kappa shape index (κ1) is 21.4. The summed E-state index contributed by atoms with van der Waals surface area (Å²) < 4.78 is 0. The molecule has 1 heterocycles. The molecule has 2 aromatic carbocycles. The number of benzene rings is 2. The maximum Gasteiger partial charge on any atom is 0.325 e. The number of carbonyl (C=O) groups excluding carboxylic acids is 3. The number of nitrogens with zero attached hydrogens (tertiary/aromatic N) is 1. The lowest BCUT2D eigenvalue weighted by atomic mass is 9.73. The highest BCUT2D eigenvalue weighted by Gasteiger charge is 2.55. The summed E-state index contributed by atoms with van der Waals surface area (Å²) in [5.74, 6) is 0.200. The molecule has 4 amide bonds. The normalized spacial score (nSPS) is 23.1. The van der Waals surface area contributed by atoms with Gasteiger partial charge in [-0.2, -0.15) is 0 Å². The number of amides is 4. The molecule has 2 atom stereocenters. The maximum atomic E-state index is 13.1. The highest BCUT2D eigenvalue weighted by molar-refractivity contribution is 7.98. The highest BCUT2D eigenvalue weighted by atomic mass is 32.2. The zero-order valence-electron chi connectivity index (χ0n) is 17.6. The first-order valence-corrected chi connectivity index (χ1v) is 11.7. The standard InChI is InChI=1S/C24H27N3O3S/c1-17-9-7-8-14-24(17)22(29)27(23(30)26-24)15-21(28)25-19-12-5-6-13-20(19)31-16-18-10-3-2-4-11-18/h2-6,10-13,17H,7-9,14-16H2,1H3,(H,25,28)(H,26,30)/t17-,24+/m0/s1. The molecule has 1 spiro atoms. The van der Waals surface area contributed by atoms with E-state index in [4.69, 9.17) is 0 Å². The maximum absolute atomic E-state index is 13.1. The number of anilines is 1. The van der Waals surface area contributed by atoms with Gasteiger partial charge in [-0.1, -0.05) is 62.2 Å². The molecule has 2 fully saturated rings. The fraction of sp³-hybridized carbons (Fsp3) is 0.375. The number of urea groups is 1. The number of nitrogens with one attached hydrogen (secondary N) is 2. The average molecular weight is 438 g/mol. The topological polar surface area (TPSA) is 78.5 Å². The molecule has 0 unspecified atom stereocenters. The molecule has 1 saturated carbocycles. The Labute approximate surface area is 186 Å². The van der Waals surface area contributed by atoms with Crippen LogP contribution in [-0.4, -0.2) is 34.8 Å². The quantitative estimate of drug-likeness (QED) is 0.518. The van der Waals surface area contributed by atoms with Crippen LogP contribution in [0.5, 0.6) is 0 Å². The number of thioether (sulfide) groups is 1. The molecule has 4 rings (SSSR count). The summed E-state index contributed by atoms with van der Waals surface area (Å²) in [5, 5.41) is 5.77. The van der Waals surface area contributed by atoms with E-state index < -0.39 is 11.6 Å². The molecule has 162 valence electrons. The molecule has 7 heteroatoms. The zero-order chi connectivity index (χ0) is 21.8. The van der Waals surface area contributed by atoms with Crippen LogP contribution in [0, 0.1) is 5.92 Å². The minimum atomic E-state index is -0.848. The number of hydrogen-bond acceptors (Lipinski definition) is 4. The van der Waals surface area contributed by atoms with Crippen LogP contribution in [0.3, 0.4) is 0 Å². The third kappa shape index (κ3) is 4.46. The first-order valence-electron chi connectivity index (χ1n) is 10.7. The summed E-state index contributed by atoms with van der Waals surface area (Å²) in [7, 11) is 0. The first-order chi connectivity index (χ1) is 15.0. The predicted molar refractivity (Wildman–Crippen MR) is 122 cm³/mol. The second-order valence-corrected chi connectivity index (χ2v) is 9.28. The molecule has 6 nitrogen and oxygen atoms in total. The number of hydrogen-bond donors (Lipinski definition) is 2. The third-order valence-corrected chi connectivity index (χ3v) is 7.35. The van der Waals surface area contributed by atoms with Crippen molar-refractivity contribution in [1.29, 1.82) is 0 Å². The third-order valence-electron chi connectivity index (χ3n) is 6.20. The molecule has 2 N–H and O–H groups in total. The SMILES string of the molecule is C[C@H]1CCCC[C@@]12NC(=O)N(CC(=O)Nc1ccccc1SCc1ccccc1)C2=O. The molecular weight excluding hydrogens is 410 g/mol. The molecule has 0 radical (unpaired) electrons. The lowest BCUT2D eigenvalue weighted by Gasteiger charge is -2.36. The van der Waals surface area contributed by atoms with Crippen LogP contribution in [0.1, 0.15) is 38.2 Å². The fourth-order valence-electron chi connectivity index (χ4n) is 4.40. The van der Waals surface area contributed by atoms with Crippen LogP contribution in [0.2, 0.25) is 0 Å². The molecule has 0 aromatic heterocycles. The number of para-hydroxylation sites is 1. The average Bonchev–Trinajstić information content (AvgIpc) is 3.01. The van der Waals surface area contributed by atoms with Crippen LogP contribution in [-0.2, 0) is 15.3 Å². The summed E-state index contributed by atoms with van der Waals surface area (Å²) in [6.07, 6.45) is 3.50. The molecule has 2 aromatic rings. The summed E-state index contributed by atoms with van der Waals surface area (Å²) in [4.78, 5) is 40.4. The van der Waals surface area contributed by atoms with E-state index in [1.165, 1.54) is 5.56 Å². The second kappa shape index (κ2) is 9.14. The summed E-state index contributed by atoms with van der Waals surface area (Å²) in [6, 6.07) is 17.2. The molecule has 1 aliphatic heterocycles. The van der Waals surface area contributed by atoms with Gasteiger partial charge in [0, 0.05) is 10.6 Å². The monoisotopic (exact) mass is 437 g/mol. The van der Waals surface area contributed by atoms with Gasteiger partial charge < -0.3 is 10.6 Å². The highest BCUT2D eigenvalue weighted by Crippen LogP contribution is 2.38. The van der Waals surface area contributed by atoms with E-state index in [1.807, 2.05) is 49.4 Å². The van der Waals surface area contributed by atoms with E-state index in [2.05, 4.69) is 22.8 Å². The van der Waals surface area contributed by atoms with Gasteiger partial charge in [-0.25, -0.2) is 4.79 Å². The van der Waals surface area contributed by atoms with Gasteiger partial charge in [0.25, 0.3) is 5.91 Å². The van der Waals surface area contributed by atoms with Gasteiger partial charge in [-0.15, -0.1) is 11.8 Å². The van der Waals surface area contributed by atoms with E-state index in [0.29, 0.717) is 12.1 Å². The predicted octanol–water partition coefficient (Wildman–Crippen LogP) is 4.42. The van der Waals surface area contributed by atoms with Crippen LogP contribution < -0.4 is 10.6 Å². The van der Waals surface area contributed by atoms with E-state index in [9.17, 15) is 14.4 Å². The van der Waals surface area contributed by atoms with Crippen molar-refractivity contribution in [2.24, 2.45) is 5.92 Å². The van der Waals surface area contributed by atoms with Gasteiger partial charge in [0.1, 0.15) is 12.1 Å². The minimum absolute atomic E-state index is 0.0703. The zero-order valence-corrected chi connectivity index (χ0v) is 18.4. The van der Waals surface area contributed by atoms with Gasteiger partial charge in [0.2, 0.25) is 5.91 Å². The van der Waals surface area contributed by atoms with Crippen LogP contribution in [0.25, 0.3) is 0 Å². The van der Waals surface area contributed by atoms with Crippen molar-refractivity contribution < 1.29 is 14.4 Å². The molecule has 1 aliphatic carbocycles. The Morgan fingerprint density at radius 2 is 1.87 bits per heavy atom. The number of rotatable bonds is 6. The molecular formula is C24H27N3O3S. The van der Waals surface area contributed by atoms with Crippen molar-refractivity contribution in [3.8, 4) is 0 Å². The molecule has 0 bridgehead atoms. The van der Waals surface area contributed by atoms with Gasteiger partial charge in [0.05, 0.1) is 5.69 Å². The lowest BCUT2D eigenvalue weighted by molar-refractivity contribution is -0.136. The van der Waals surface area contributed by atoms with Crippen molar-refractivity contribution in [3.05, 3.63) is 60.2 Å². The van der Waals surface area contributed by atoms with Crippen LogP contribution >= 0.6 is 11.8 Å². The molecule has 2 aliphatic rings. The van der Waals surface area contributed by atoms with Crippen LogP contribution in [0.4, 0.5) is 10.5 Å². The van der Waals surface area contributed by atoms with Crippen molar-refractivity contribution in [2.75, 3.05) is 11.9 Å². The Kier molecular flexibility index (Phi) is 6.32. The van der Waals surface area contributed by atoms with E-state index in [0.717, 1.165) is 34.8 Å². The minimum Gasteiger partial charge on any atom is -0.324 e. The Bertz CT molecular complexity index is 981. The Morgan fingerprint density at radius 3 is 2.65 bits per heavy atom. The van der Waals surface area contributed by atoms with E-state index in [1.54, 1.807) is 11.8 Å². The van der Waals surface area contributed by atoms with Crippen molar-refractivity contribution >= 4 is 35.3 Å². The van der Waals surface area contributed by atoms with Gasteiger partial charge in [0.15, 0.2) is 0 Å². The van der Waals surface area contributed by atoms with Gasteiger partial charge >= 0.3 is 6.03 Å². The smallest absolute Gasteiger partial charge is 0.324 e. The van der Waals surface area contributed by atoms with Gasteiger partial charge in [-0.05, 0) is 36.5 Å². The Hall–Kier alpha value is -2.80. The van der Waals surface area contributed by atoms with Crippen molar-refractivity contribution in [3.63, 3.8) is 0 Å². The Morgan fingerprint density at radius 1 is 1.13 bits per heavy atom. The number of carbonyl (C=O) groups is 3. The van der Waals surface area contributed by atoms with Crippen molar-refractivity contribution in [1.82, 2.24) is 10.2 Å². The largest absolute Gasteiger partial charge is 0.325 e. The van der Waals surface area contributed by atoms with Crippen molar-refractivity contribution in [2.45, 2.75) is 48.8 Å². The summed E-state index contributed by atoms with van der Waals surface area (Å²) in [6.45, 7) is 1.72. The second-order valence-electron chi connectivity index (χ2n) is 8.26. The Balaban J connectivity index is 1.41. The summed E-state index contributed by atoms with van der Waals surface area (Å²) in [5.41, 5.74) is 1.03. The lowest BCUT2D eigenvalue weighted by Crippen LogP contribution is -2.54. The fourth-order valence-corrected chi connectivity index (χ4v) is 5.37. The molecule has 31 heavy (non-hydrogen) atoms. The van der Waals surface area contributed by atoms with E-state index in [-0.39, 0.29) is 24.3 Å².